The summed E-state index contributed by atoms with van der Waals surface area (Å²) in [6, 6.07) is 19.3. The van der Waals surface area contributed by atoms with E-state index in [2.05, 4.69) is 4.98 Å². The Morgan fingerprint density at radius 1 is 1.07 bits per heavy atom. The number of thiazole rings is 1. The van der Waals surface area contributed by atoms with Gasteiger partial charge in [0.05, 0.1) is 5.56 Å². The number of aromatic carboxylic acids is 1. The lowest BCUT2D eigenvalue weighted by molar-refractivity contribution is 0.0691. The molecule has 3 aromatic carbocycles. The van der Waals surface area contributed by atoms with Crippen LogP contribution in [0.1, 0.15) is 16.1 Å². The molecule has 1 N–H and O–H groups in total. The third-order valence-electron chi connectivity index (χ3n) is 4.17. The van der Waals surface area contributed by atoms with E-state index < -0.39 is 5.97 Å². The Hall–Kier alpha value is -2.89. The molecule has 0 radical (unpaired) electrons. The summed E-state index contributed by atoms with van der Waals surface area (Å²) in [4.78, 5) is 15.5. The van der Waals surface area contributed by atoms with E-state index in [9.17, 15) is 9.90 Å². The maximum absolute atomic E-state index is 11.2. The number of rotatable bonds is 5. The van der Waals surface area contributed by atoms with Crippen LogP contribution < -0.4 is 4.74 Å². The van der Waals surface area contributed by atoms with Gasteiger partial charge in [0.15, 0.2) is 5.69 Å². The molecular formula is C21H14ClNO3S. The second kappa shape index (κ2) is 7.39. The summed E-state index contributed by atoms with van der Waals surface area (Å²) in [7, 11) is 0. The predicted octanol–water partition coefficient (Wildman–Crippen LogP) is 5.89. The van der Waals surface area contributed by atoms with Crippen molar-refractivity contribution in [1.82, 2.24) is 4.98 Å². The van der Waals surface area contributed by atoms with Gasteiger partial charge >= 0.3 is 5.97 Å². The minimum Gasteiger partial charge on any atom is -0.488 e. The van der Waals surface area contributed by atoms with Gasteiger partial charge in [-0.25, -0.2) is 9.78 Å². The molecule has 0 atom stereocenters. The van der Waals surface area contributed by atoms with Crippen molar-refractivity contribution in [3.63, 3.8) is 0 Å². The number of fused-ring (bicyclic) bond motifs is 1. The Labute approximate surface area is 164 Å². The first-order valence-electron chi connectivity index (χ1n) is 8.20. The molecular weight excluding hydrogens is 382 g/mol. The first kappa shape index (κ1) is 17.5. The molecule has 0 aliphatic heterocycles. The number of carboxylic acid groups (broad SMARTS) is 1. The third kappa shape index (κ3) is 3.52. The van der Waals surface area contributed by atoms with E-state index in [1.807, 2.05) is 60.7 Å². The Bertz CT molecular complexity index is 1140. The Kier molecular flexibility index (Phi) is 4.79. The zero-order valence-corrected chi connectivity index (χ0v) is 15.6. The first-order chi connectivity index (χ1) is 13.1. The van der Waals surface area contributed by atoms with Crippen LogP contribution in [0, 0.1) is 0 Å². The highest BCUT2D eigenvalue weighted by Gasteiger charge is 2.17. The summed E-state index contributed by atoms with van der Waals surface area (Å²) < 4.78 is 6.07. The van der Waals surface area contributed by atoms with Gasteiger partial charge in [-0.2, -0.15) is 0 Å². The average molecular weight is 396 g/mol. The van der Waals surface area contributed by atoms with E-state index >= 15 is 0 Å². The maximum Gasteiger partial charge on any atom is 0.355 e. The van der Waals surface area contributed by atoms with E-state index in [4.69, 9.17) is 16.3 Å². The van der Waals surface area contributed by atoms with Crippen molar-refractivity contribution in [1.29, 1.82) is 0 Å². The van der Waals surface area contributed by atoms with Crippen LogP contribution in [0.5, 0.6) is 5.75 Å². The van der Waals surface area contributed by atoms with Gasteiger partial charge in [0.2, 0.25) is 0 Å². The number of carbonyl (C=O) groups is 1. The van der Waals surface area contributed by atoms with Crippen LogP contribution >= 0.6 is 22.9 Å². The monoisotopic (exact) mass is 395 g/mol. The minimum absolute atomic E-state index is 0.0278. The van der Waals surface area contributed by atoms with Crippen LogP contribution in [-0.2, 0) is 6.61 Å². The standard InChI is InChI=1S/C21H14ClNO3S/c22-16-8-4-2-6-14(16)11-26-18-10-9-13-5-1-3-7-15(13)19(18)20-23-17(12-27-20)21(24)25/h1-10,12H,11H2,(H,24,25). The zero-order chi connectivity index (χ0) is 18.8. The Morgan fingerprint density at radius 2 is 1.85 bits per heavy atom. The van der Waals surface area contributed by atoms with Gasteiger partial charge in [-0.15, -0.1) is 11.3 Å². The Balaban J connectivity index is 1.80. The average Bonchev–Trinajstić information content (AvgIpc) is 3.17. The van der Waals surface area contributed by atoms with E-state index in [1.54, 1.807) is 0 Å². The summed E-state index contributed by atoms with van der Waals surface area (Å²) in [5.74, 6) is -0.406. The maximum atomic E-state index is 11.2. The molecule has 0 amide bonds. The number of carboxylic acids is 1. The summed E-state index contributed by atoms with van der Waals surface area (Å²) in [6.45, 7) is 0.308. The van der Waals surface area contributed by atoms with Crippen molar-refractivity contribution in [2.45, 2.75) is 6.61 Å². The van der Waals surface area contributed by atoms with Gasteiger partial charge < -0.3 is 9.84 Å². The summed E-state index contributed by atoms with van der Waals surface area (Å²) in [6.07, 6.45) is 0. The molecule has 4 aromatic rings. The van der Waals surface area contributed by atoms with Crippen LogP contribution in [-0.4, -0.2) is 16.1 Å². The van der Waals surface area contributed by atoms with Crippen molar-refractivity contribution in [2.24, 2.45) is 0 Å². The fourth-order valence-electron chi connectivity index (χ4n) is 2.85. The SMILES string of the molecule is O=C(O)c1csc(-c2c(OCc3ccccc3Cl)ccc3ccccc23)n1. The van der Waals surface area contributed by atoms with Crippen LogP contribution in [0.25, 0.3) is 21.3 Å². The lowest BCUT2D eigenvalue weighted by atomic mass is 10.0. The van der Waals surface area contributed by atoms with Gasteiger partial charge in [-0.3, -0.25) is 0 Å². The fraction of sp³-hybridized carbons (Fsp3) is 0.0476. The number of hydrogen-bond donors (Lipinski definition) is 1. The minimum atomic E-state index is -1.05. The topological polar surface area (TPSA) is 59.4 Å². The molecule has 1 heterocycles. The van der Waals surface area contributed by atoms with Crippen LogP contribution in [0.3, 0.4) is 0 Å². The van der Waals surface area contributed by atoms with Gasteiger partial charge in [0.1, 0.15) is 17.4 Å². The van der Waals surface area contributed by atoms with E-state index in [0.717, 1.165) is 21.9 Å². The number of ether oxygens (including phenoxy) is 1. The molecule has 6 heteroatoms. The molecule has 0 saturated heterocycles. The molecule has 0 aliphatic rings. The second-order valence-electron chi connectivity index (χ2n) is 5.88. The molecule has 0 fully saturated rings. The van der Waals surface area contributed by atoms with Crippen molar-refractivity contribution in [3.05, 3.63) is 82.3 Å². The van der Waals surface area contributed by atoms with E-state index in [1.165, 1.54) is 16.7 Å². The highest BCUT2D eigenvalue weighted by Crippen LogP contribution is 2.39. The van der Waals surface area contributed by atoms with Crippen molar-refractivity contribution in [2.75, 3.05) is 0 Å². The highest BCUT2D eigenvalue weighted by atomic mass is 35.5. The molecule has 0 aliphatic carbocycles. The first-order valence-corrected chi connectivity index (χ1v) is 9.46. The number of aromatic nitrogens is 1. The quantitative estimate of drug-likeness (QED) is 0.457. The highest BCUT2D eigenvalue weighted by molar-refractivity contribution is 7.13. The van der Waals surface area contributed by atoms with Gasteiger partial charge in [0, 0.05) is 16.0 Å². The molecule has 4 rings (SSSR count). The van der Waals surface area contributed by atoms with E-state index in [-0.39, 0.29) is 5.69 Å². The zero-order valence-electron chi connectivity index (χ0n) is 14.1. The summed E-state index contributed by atoms with van der Waals surface area (Å²) in [5, 5.41) is 14.0. The van der Waals surface area contributed by atoms with Gasteiger partial charge in [-0.05, 0) is 22.9 Å². The van der Waals surface area contributed by atoms with Crippen LogP contribution in [0.15, 0.2) is 66.0 Å². The number of halogens is 1. The molecule has 0 spiro atoms. The molecule has 4 nitrogen and oxygen atoms in total. The predicted molar refractivity (Wildman–Crippen MR) is 108 cm³/mol. The normalized spacial score (nSPS) is 10.9. The summed E-state index contributed by atoms with van der Waals surface area (Å²) >= 11 is 7.51. The molecule has 0 unspecified atom stereocenters. The largest absolute Gasteiger partial charge is 0.488 e. The lowest BCUT2D eigenvalue weighted by Gasteiger charge is -2.13. The van der Waals surface area contributed by atoms with E-state index in [0.29, 0.717) is 22.4 Å². The summed E-state index contributed by atoms with van der Waals surface area (Å²) in [5.41, 5.74) is 1.70. The number of benzene rings is 3. The number of hydrogen-bond acceptors (Lipinski definition) is 4. The molecule has 1 aromatic heterocycles. The fourth-order valence-corrected chi connectivity index (χ4v) is 3.90. The lowest BCUT2D eigenvalue weighted by Crippen LogP contribution is -1.99. The van der Waals surface area contributed by atoms with Crippen LogP contribution in [0.4, 0.5) is 0 Å². The van der Waals surface area contributed by atoms with Crippen molar-refractivity contribution >= 4 is 39.7 Å². The van der Waals surface area contributed by atoms with Crippen molar-refractivity contribution in [3.8, 4) is 16.3 Å². The molecule has 0 saturated carbocycles. The molecule has 0 bridgehead atoms. The van der Waals surface area contributed by atoms with Crippen LogP contribution in [0.2, 0.25) is 5.02 Å². The smallest absolute Gasteiger partial charge is 0.355 e. The number of nitrogens with zero attached hydrogens (tertiary/aromatic N) is 1. The third-order valence-corrected chi connectivity index (χ3v) is 5.40. The van der Waals surface area contributed by atoms with Crippen molar-refractivity contribution < 1.29 is 14.6 Å². The Morgan fingerprint density at radius 3 is 2.63 bits per heavy atom. The molecule has 134 valence electrons. The van der Waals surface area contributed by atoms with Gasteiger partial charge in [-0.1, -0.05) is 60.1 Å². The van der Waals surface area contributed by atoms with Gasteiger partial charge in [0.25, 0.3) is 0 Å². The second-order valence-corrected chi connectivity index (χ2v) is 7.15. The molecule has 27 heavy (non-hydrogen) atoms.